The molecule has 0 bridgehead atoms. The minimum Gasteiger partial charge on any atom is -0.398 e. The Balaban J connectivity index is 1.80. The fourth-order valence-corrected chi connectivity index (χ4v) is 3.09. The van der Waals surface area contributed by atoms with Gasteiger partial charge in [-0.3, -0.25) is 4.98 Å². The second-order valence-electron chi connectivity index (χ2n) is 5.86. The molecule has 5 heteroatoms. The third kappa shape index (κ3) is 3.08. The normalized spacial score (nSPS) is 17.8. The highest BCUT2D eigenvalue weighted by atomic mass is 15.2. The maximum Gasteiger partial charge on any atom is 0.0953 e. The fourth-order valence-electron chi connectivity index (χ4n) is 3.09. The summed E-state index contributed by atoms with van der Waals surface area (Å²) in [4.78, 5) is 11.0. The summed E-state index contributed by atoms with van der Waals surface area (Å²) in [6, 6.07) is 2.21. The second-order valence-corrected chi connectivity index (χ2v) is 5.86. The molecule has 112 valence electrons. The van der Waals surface area contributed by atoms with E-state index < -0.39 is 0 Å². The van der Waals surface area contributed by atoms with E-state index in [0.29, 0.717) is 6.04 Å². The number of nitrogens with zero attached hydrogens (tertiary/aromatic N) is 4. The number of piperidine rings is 1. The van der Waals surface area contributed by atoms with Gasteiger partial charge in [0.05, 0.1) is 18.2 Å². The van der Waals surface area contributed by atoms with Crippen LogP contribution in [0.1, 0.15) is 32.2 Å². The number of hydrogen-bond donors (Lipinski definition) is 1. The topological polar surface area (TPSA) is 60.0 Å². The number of rotatable bonds is 4. The minimum absolute atomic E-state index is 0.375. The van der Waals surface area contributed by atoms with Gasteiger partial charge in [-0.15, -0.1) is 0 Å². The summed E-state index contributed by atoms with van der Waals surface area (Å²) >= 11 is 0. The molecule has 2 aromatic rings. The van der Waals surface area contributed by atoms with Crippen molar-refractivity contribution in [1.82, 2.24) is 19.4 Å². The van der Waals surface area contributed by atoms with Crippen LogP contribution in [-0.2, 0) is 0 Å². The predicted molar refractivity (Wildman–Crippen MR) is 84.9 cm³/mol. The summed E-state index contributed by atoms with van der Waals surface area (Å²) in [5.74, 6) is 0. The van der Waals surface area contributed by atoms with Crippen molar-refractivity contribution in [3.8, 4) is 11.3 Å². The summed E-state index contributed by atoms with van der Waals surface area (Å²) in [6.45, 7) is 5.72. The Labute approximate surface area is 125 Å². The van der Waals surface area contributed by atoms with Gasteiger partial charge in [-0.25, -0.2) is 4.98 Å². The quantitative estimate of drug-likeness (QED) is 0.938. The van der Waals surface area contributed by atoms with Gasteiger partial charge in [0.25, 0.3) is 0 Å². The number of aromatic nitrogens is 3. The maximum absolute atomic E-state index is 6.07. The average Bonchev–Trinajstić information content (AvgIpc) is 2.98. The molecule has 0 aliphatic carbocycles. The van der Waals surface area contributed by atoms with Gasteiger partial charge in [-0.2, -0.15) is 0 Å². The molecule has 0 spiro atoms. The highest BCUT2D eigenvalue weighted by Gasteiger charge is 2.17. The first-order chi connectivity index (χ1) is 10.3. The molecule has 3 heterocycles. The molecule has 0 amide bonds. The van der Waals surface area contributed by atoms with Crippen LogP contribution < -0.4 is 5.73 Å². The molecule has 1 aliphatic heterocycles. The Hall–Kier alpha value is -1.88. The van der Waals surface area contributed by atoms with E-state index in [0.717, 1.165) is 23.5 Å². The molecule has 0 saturated carbocycles. The highest BCUT2D eigenvalue weighted by Crippen LogP contribution is 2.27. The molecule has 1 fully saturated rings. The first kappa shape index (κ1) is 14.1. The summed E-state index contributed by atoms with van der Waals surface area (Å²) < 4.78 is 2.21. The molecule has 0 radical (unpaired) electrons. The molecule has 1 saturated heterocycles. The van der Waals surface area contributed by atoms with E-state index >= 15 is 0 Å². The standard InChI is InChI=1S/C16H23N5/c1-13(11-20-7-3-2-4-8-20)21-12-19-10-16(21)14-9-18-6-5-15(14)17/h5-6,9-10,12-13H,2-4,7-8,11H2,1H3,(H2,17,18). The van der Waals surface area contributed by atoms with Crippen LogP contribution in [0.3, 0.4) is 0 Å². The number of nitrogens with two attached hydrogens (primary N) is 1. The summed E-state index contributed by atoms with van der Waals surface area (Å²) in [5.41, 5.74) is 8.83. The molecule has 5 nitrogen and oxygen atoms in total. The Morgan fingerprint density at radius 3 is 2.76 bits per heavy atom. The molecule has 21 heavy (non-hydrogen) atoms. The van der Waals surface area contributed by atoms with Crippen molar-refractivity contribution in [2.75, 3.05) is 25.4 Å². The second kappa shape index (κ2) is 6.26. The highest BCUT2D eigenvalue weighted by molar-refractivity contribution is 5.72. The van der Waals surface area contributed by atoms with Gasteiger partial charge in [0.2, 0.25) is 0 Å². The van der Waals surface area contributed by atoms with Gasteiger partial charge in [0.15, 0.2) is 0 Å². The van der Waals surface area contributed by atoms with Gasteiger partial charge in [0.1, 0.15) is 0 Å². The van der Waals surface area contributed by atoms with Crippen molar-refractivity contribution >= 4 is 5.69 Å². The van der Waals surface area contributed by atoms with Crippen molar-refractivity contribution in [3.05, 3.63) is 31.0 Å². The first-order valence-electron chi connectivity index (χ1n) is 7.70. The largest absolute Gasteiger partial charge is 0.398 e. The molecule has 1 unspecified atom stereocenters. The van der Waals surface area contributed by atoms with Crippen molar-refractivity contribution in [1.29, 1.82) is 0 Å². The van der Waals surface area contributed by atoms with E-state index in [1.165, 1.54) is 32.4 Å². The fraction of sp³-hybridized carbons (Fsp3) is 0.500. The number of pyridine rings is 1. The Bertz CT molecular complexity index is 586. The van der Waals surface area contributed by atoms with Crippen LogP contribution >= 0.6 is 0 Å². The molecular weight excluding hydrogens is 262 g/mol. The maximum atomic E-state index is 6.07. The van der Waals surface area contributed by atoms with Crippen LogP contribution in [0.15, 0.2) is 31.0 Å². The van der Waals surface area contributed by atoms with Crippen LogP contribution in [0, 0.1) is 0 Å². The van der Waals surface area contributed by atoms with E-state index in [1.807, 2.05) is 24.8 Å². The number of nitrogen functional groups attached to an aromatic ring is 1. The first-order valence-corrected chi connectivity index (χ1v) is 7.70. The van der Waals surface area contributed by atoms with E-state index in [9.17, 15) is 0 Å². The Kier molecular flexibility index (Phi) is 4.20. The van der Waals surface area contributed by atoms with E-state index in [1.54, 1.807) is 6.20 Å². The van der Waals surface area contributed by atoms with E-state index in [4.69, 9.17) is 5.73 Å². The zero-order valence-corrected chi connectivity index (χ0v) is 12.6. The zero-order valence-electron chi connectivity index (χ0n) is 12.6. The number of anilines is 1. The van der Waals surface area contributed by atoms with Gasteiger partial charge in [0, 0.05) is 36.2 Å². The van der Waals surface area contributed by atoms with Crippen molar-refractivity contribution in [2.24, 2.45) is 0 Å². The third-order valence-electron chi connectivity index (χ3n) is 4.24. The van der Waals surface area contributed by atoms with Gasteiger partial charge in [-0.05, 0) is 38.9 Å². The lowest BCUT2D eigenvalue weighted by Crippen LogP contribution is -2.34. The summed E-state index contributed by atoms with van der Waals surface area (Å²) in [6.07, 6.45) is 11.3. The summed E-state index contributed by atoms with van der Waals surface area (Å²) in [7, 11) is 0. The lowest BCUT2D eigenvalue weighted by atomic mass is 10.1. The van der Waals surface area contributed by atoms with Crippen LogP contribution in [0.2, 0.25) is 0 Å². The number of hydrogen-bond acceptors (Lipinski definition) is 4. The lowest BCUT2D eigenvalue weighted by molar-refractivity contribution is 0.202. The van der Waals surface area contributed by atoms with Gasteiger partial charge in [-0.1, -0.05) is 6.42 Å². The Morgan fingerprint density at radius 2 is 2.00 bits per heavy atom. The van der Waals surface area contributed by atoms with Crippen molar-refractivity contribution < 1.29 is 0 Å². The van der Waals surface area contributed by atoms with Gasteiger partial charge < -0.3 is 15.2 Å². The van der Waals surface area contributed by atoms with Crippen molar-refractivity contribution in [3.63, 3.8) is 0 Å². The smallest absolute Gasteiger partial charge is 0.0953 e. The van der Waals surface area contributed by atoms with Crippen LogP contribution in [0.4, 0.5) is 5.69 Å². The van der Waals surface area contributed by atoms with Crippen LogP contribution in [-0.4, -0.2) is 39.1 Å². The van der Waals surface area contributed by atoms with Crippen LogP contribution in [0.25, 0.3) is 11.3 Å². The predicted octanol–water partition coefficient (Wildman–Crippen LogP) is 2.57. The Morgan fingerprint density at radius 1 is 1.19 bits per heavy atom. The SMILES string of the molecule is CC(CN1CCCCC1)n1cncc1-c1cnccc1N. The molecule has 2 N–H and O–H groups in total. The summed E-state index contributed by atoms with van der Waals surface area (Å²) in [5, 5.41) is 0. The molecule has 2 aromatic heterocycles. The molecule has 1 atom stereocenters. The van der Waals surface area contributed by atoms with E-state index in [2.05, 4.69) is 26.4 Å². The minimum atomic E-state index is 0.375. The number of imidazole rings is 1. The number of likely N-dealkylation sites (tertiary alicyclic amines) is 1. The van der Waals surface area contributed by atoms with Crippen molar-refractivity contribution in [2.45, 2.75) is 32.2 Å². The molecule has 1 aliphatic rings. The van der Waals surface area contributed by atoms with Crippen LogP contribution in [0.5, 0.6) is 0 Å². The van der Waals surface area contributed by atoms with Gasteiger partial charge >= 0.3 is 0 Å². The lowest BCUT2D eigenvalue weighted by Gasteiger charge is -2.30. The third-order valence-corrected chi connectivity index (χ3v) is 4.24. The molecule has 3 rings (SSSR count). The average molecular weight is 285 g/mol. The zero-order chi connectivity index (χ0) is 14.7. The molecular formula is C16H23N5. The monoisotopic (exact) mass is 285 g/mol. The molecule has 0 aromatic carbocycles. The van der Waals surface area contributed by atoms with E-state index in [-0.39, 0.29) is 0 Å².